The Bertz CT molecular complexity index is 834. The van der Waals surface area contributed by atoms with E-state index >= 15 is 0 Å². The van der Waals surface area contributed by atoms with E-state index in [1.807, 2.05) is 45.0 Å². The summed E-state index contributed by atoms with van der Waals surface area (Å²) in [6, 6.07) is 11.2. The summed E-state index contributed by atoms with van der Waals surface area (Å²) < 4.78 is 13.3. The van der Waals surface area contributed by atoms with Gasteiger partial charge in [-0.2, -0.15) is 0 Å². The Morgan fingerprint density at radius 1 is 1.11 bits per heavy atom. The summed E-state index contributed by atoms with van der Waals surface area (Å²) in [4.78, 5) is 28.1. The van der Waals surface area contributed by atoms with Gasteiger partial charge in [0.2, 0.25) is 5.91 Å². The number of nitrogens with zero attached hydrogens (tertiary/aromatic N) is 2. The maximum absolute atomic E-state index is 13.3. The van der Waals surface area contributed by atoms with Crippen molar-refractivity contribution in [2.45, 2.75) is 33.4 Å². The second-order valence-electron chi connectivity index (χ2n) is 6.94. The lowest BCUT2D eigenvalue weighted by Gasteiger charge is -2.28. The minimum absolute atomic E-state index is 0.0103. The summed E-state index contributed by atoms with van der Waals surface area (Å²) in [6.45, 7) is 5.91. The Kier molecular flexibility index (Phi) is 6.55. The molecule has 0 radical (unpaired) electrons. The number of halogens is 1. The van der Waals surface area contributed by atoms with Crippen LogP contribution in [0.15, 0.2) is 42.5 Å². The lowest BCUT2D eigenvalue weighted by molar-refractivity contribution is -0.131. The van der Waals surface area contributed by atoms with Crippen LogP contribution in [0.2, 0.25) is 0 Å². The Morgan fingerprint density at radius 2 is 1.81 bits per heavy atom. The SMILES string of the molecule is CC(=O)N(Cc1cc(NC(=O)c2cccc(F)c2)ccc1N(C)C)C(C)C. The lowest BCUT2D eigenvalue weighted by Crippen LogP contribution is -2.35. The van der Waals surface area contributed by atoms with E-state index in [2.05, 4.69) is 5.32 Å². The topological polar surface area (TPSA) is 52.7 Å². The molecule has 27 heavy (non-hydrogen) atoms. The highest BCUT2D eigenvalue weighted by atomic mass is 19.1. The molecule has 0 saturated carbocycles. The van der Waals surface area contributed by atoms with Crippen LogP contribution in [0.4, 0.5) is 15.8 Å². The van der Waals surface area contributed by atoms with Crippen LogP contribution in [0, 0.1) is 5.82 Å². The molecule has 2 aromatic carbocycles. The van der Waals surface area contributed by atoms with Crippen molar-refractivity contribution in [3.05, 3.63) is 59.4 Å². The van der Waals surface area contributed by atoms with Crippen molar-refractivity contribution in [1.29, 1.82) is 0 Å². The number of hydrogen-bond donors (Lipinski definition) is 1. The minimum Gasteiger partial charge on any atom is -0.377 e. The number of benzene rings is 2. The third-order valence-electron chi connectivity index (χ3n) is 4.27. The fourth-order valence-corrected chi connectivity index (χ4v) is 2.90. The first-order valence-corrected chi connectivity index (χ1v) is 8.83. The van der Waals surface area contributed by atoms with E-state index in [1.54, 1.807) is 24.0 Å². The maximum Gasteiger partial charge on any atom is 0.255 e. The number of anilines is 2. The molecule has 0 bridgehead atoms. The van der Waals surface area contributed by atoms with Crippen LogP contribution in [-0.4, -0.2) is 36.9 Å². The second-order valence-corrected chi connectivity index (χ2v) is 6.94. The average Bonchev–Trinajstić information content (AvgIpc) is 2.59. The molecular weight excluding hydrogens is 345 g/mol. The second kappa shape index (κ2) is 8.66. The lowest BCUT2D eigenvalue weighted by atomic mass is 10.1. The highest BCUT2D eigenvalue weighted by Gasteiger charge is 2.17. The van der Waals surface area contributed by atoms with E-state index < -0.39 is 5.82 Å². The van der Waals surface area contributed by atoms with Gasteiger partial charge < -0.3 is 15.1 Å². The standard InChI is InChI=1S/C21H26FN3O2/c1-14(2)25(15(3)26)13-17-12-19(9-10-20(17)24(4)5)23-21(27)16-7-6-8-18(22)11-16/h6-12,14H,13H2,1-5H3,(H,23,27). The van der Waals surface area contributed by atoms with Gasteiger partial charge in [0, 0.05) is 50.5 Å². The van der Waals surface area contributed by atoms with Crippen molar-refractivity contribution in [2.75, 3.05) is 24.3 Å². The van der Waals surface area contributed by atoms with Crippen LogP contribution in [0.25, 0.3) is 0 Å². The molecule has 6 heteroatoms. The molecular formula is C21H26FN3O2. The first-order valence-electron chi connectivity index (χ1n) is 8.83. The highest BCUT2D eigenvalue weighted by molar-refractivity contribution is 6.04. The van der Waals surface area contributed by atoms with Gasteiger partial charge in [0.15, 0.2) is 0 Å². The summed E-state index contributed by atoms with van der Waals surface area (Å²) in [6.07, 6.45) is 0. The molecule has 2 rings (SSSR count). The van der Waals surface area contributed by atoms with Gasteiger partial charge in [-0.1, -0.05) is 6.07 Å². The summed E-state index contributed by atoms with van der Waals surface area (Å²) in [7, 11) is 3.86. The quantitative estimate of drug-likeness (QED) is 0.838. The Balaban J connectivity index is 2.31. The van der Waals surface area contributed by atoms with Crippen molar-refractivity contribution in [3.63, 3.8) is 0 Å². The minimum atomic E-state index is -0.458. The van der Waals surface area contributed by atoms with Crippen LogP contribution in [0.3, 0.4) is 0 Å². The van der Waals surface area contributed by atoms with E-state index in [0.29, 0.717) is 12.2 Å². The zero-order valence-corrected chi connectivity index (χ0v) is 16.4. The van der Waals surface area contributed by atoms with Gasteiger partial charge in [0.25, 0.3) is 5.91 Å². The Morgan fingerprint density at radius 3 is 2.37 bits per heavy atom. The molecule has 0 aliphatic rings. The average molecular weight is 371 g/mol. The normalized spacial score (nSPS) is 10.6. The van der Waals surface area contributed by atoms with Crippen molar-refractivity contribution in [2.24, 2.45) is 0 Å². The van der Waals surface area contributed by atoms with E-state index in [0.717, 1.165) is 11.3 Å². The number of rotatable bonds is 6. The van der Waals surface area contributed by atoms with Gasteiger partial charge in [-0.3, -0.25) is 9.59 Å². The summed E-state index contributed by atoms with van der Waals surface area (Å²) in [5.41, 5.74) is 2.73. The number of carbonyl (C=O) groups is 2. The Labute approximate surface area is 159 Å². The predicted octanol–water partition coefficient (Wildman–Crippen LogP) is 3.90. The predicted molar refractivity (Wildman–Crippen MR) is 106 cm³/mol. The smallest absolute Gasteiger partial charge is 0.255 e. The first kappa shape index (κ1) is 20.4. The summed E-state index contributed by atoms with van der Waals surface area (Å²) in [5.74, 6) is -0.852. The van der Waals surface area contributed by atoms with E-state index in [1.165, 1.54) is 18.2 Å². The molecule has 0 aliphatic heterocycles. The van der Waals surface area contributed by atoms with Crippen LogP contribution < -0.4 is 10.2 Å². The highest BCUT2D eigenvalue weighted by Crippen LogP contribution is 2.25. The fourth-order valence-electron chi connectivity index (χ4n) is 2.90. The van der Waals surface area contributed by atoms with Crippen LogP contribution in [-0.2, 0) is 11.3 Å². The fraction of sp³-hybridized carbons (Fsp3) is 0.333. The van der Waals surface area contributed by atoms with Gasteiger partial charge in [0.1, 0.15) is 5.82 Å². The summed E-state index contributed by atoms with van der Waals surface area (Å²) in [5, 5.41) is 2.80. The number of carbonyl (C=O) groups excluding carboxylic acids is 2. The van der Waals surface area contributed by atoms with Crippen LogP contribution in [0.5, 0.6) is 0 Å². The zero-order valence-electron chi connectivity index (χ0n) is 16.4. The van der Waals surface area contributed by atoms with E-state index in [9.17, 15) is 14.0 Å². The largest absolute Gasteiger partial charge is 0.377 e. The molecule has 0 unspecified atom stereocenters. The molecule has 5 nitrogen and oxygen atoms in total. The molecule has 2 amide bonds. The third kappa shape index (κ3) is 5.29. The number of amides is 2. The molecule has 2 aromatic rings. The molecule has 144 valence electrons. The number of hydrogen-bond acceptors (Lipinski definition) is 3. The van der Waals surface area contributed by atoms with E-state index in [-0.39, 0.29) is 23.4 Å². The van der Waals surface area contributed by atoms with Crippen molar-refractivity contribution < 1.29 is 14.0 Å². The van der Waals surface area contributed by atoms with Crippen molar-refractivity contribution in [3.8, 4) is 0 Å². The van der Waals surface area contributed by atoms with E-state index in [4.69, 9.17) is 0 Å². The third-order valence-corrected chi connectivity index (χ3v) is 4.27. The van der Waals surface area contributed by atoms with Crippen molar-refractivity contribution in [1.82, 2.24) is 4.90 Å². The molecule has 0 aliphatic carbocycles. The molecule has 0 fully saturated rings. The zero-order chi connectivity index (χ0) is 20.1. The van der Waals surface area contributed by atoms with Gasteiger partial charge in [0.05, 0.1) is 0 Å². The molecule has 0 aromatic heterocycles. The van der Waals surface area contributed by atoms with Crippen LogP contribution >= 0.6 is 0 Å². The number of nitrogens with one attached hydrogen (secondary N) is 1. The summed E-state index contributed by atoms with van der Waals surface area (Å²) >= 11 is 0. The van der Waals surface area contributed by atoms with Crippen LogP contribution in [0.1, 0.15) is 36.7 Å². The molecule has 0 saturated heterocycles. The molecule has 0 heterocycles. The van der Waals surface area contributed by atoms with Gasteiger partial charge in [-0.05, 0) is 55.8 Å². The van der Waals surface area contributed by atoms with Gasteiger partial charge in [-0.15, -0.1) is 0 Å². The monoisotopic (exact) mass is 371 g/mol. The Hall–Kier alpha value is -2.89. The molecule has 0 atom stereocenters. The first-order chi connectivity index (χ1) is 12.7. The molecule has 0 spiro atoms. The molecule has 1 N–H and O–H groups in total. The van der Waals surface area contributed by atoms with Gasteiger partial charge >= 0.3 is 0 Å². The van der Waals surface area contributed by atoms with Crippen molar-refractivity contribution >= 4 is 23.2 Å². The maximum atomic E-state index is 13.3. The van der Waals surface area contributed by atoms with Gasteiger partial charge in [-0.25, -0.2) is 4.39 Å².